The molecule has 0 saturated carbocycles. The lowest BCUT2D eigenvalue weighted by Gasteiger charge is -2.18. The van der Waals surface area contributed by atoms with Crippen LogP contribution in [0.3, 0.4) is 0 Å². The Hall–Kier alpha value is -1.13. The number of fused-ring (bicyclic) bond motifs is 1. The highest BCUT2D eigenvalue weighted by Crippen LogP contribution is 2.15. The molecule has 98 valence electrons. The lowest BCUT2D eigenvalue weighted by molar-refractivity contribution is 0.290. The standard InChI is InChI=1S/C13H19ClN4/c1-3-17(4-2)8-9-18-12(10-14)16-11-6-5-7-15-13(11)18/h5-7H,3-4,8-10H2,1-2H3. The molecule has 18 heavy (non-hydrogen) atoms. The molecule has 0 aliphatic carbocycles. The van der Waals surface area contributed by atoms with Gasteiger partial charge < -0.3 is 9.47 Å². The van der Waals surface area contributed by atoms with Crippen LogP contribution in [0.15, 0.2) is 18.3 Å². The Kier molecular flexibility index (Phi) is 4.55. The molecule has 0 atom stereocenters. The molecule has 4 nitrogen and oxygen atoms in total. The van der Waals surface area contributed by atoms with E-state index in [0.29, 0.717) is 5.88 Å². The Bertz CT molecular complexity index is 505. The van der Waals surface area contributed by atoms with Crippen molar-refractivity contribution >= 4 is 22.8 Å². The summed E-state index contributed by atoms with van der Waals surface area (Å²) in [5, 5.41) is 0. The lowest BCUT2D eigenvalue weighted by Crippen LogP contribution is -2.27. The van der Waals surface area contributed by atoms with Gasteiger partial charge in [0.25, 0.3) is 0 Å². The highest BCUT2D eigenvalue weighted by Gasteiger charge is 2.11. The molecule has 0 saturated heterocycles. The van der Waals surface area contributed by atoms with E-state index in [1.807, 2.05) is 12.1 Å². The lowest BCUT2D eigenvalue weighted by atomic mass is 10.4. The van der Waals surface area contributed by atoms with Gasteiger partial charge in [-0.1, -0.05) is 13.8 Å². The van der Waals surface area contributed by atoms with E-state index in [2.05, 4.69) is 33.3 Å². The molecule has 0 aliphatic heterocycles. The fraction of sp³-hybridized carbons (Fsp3) is 0.538. The average Bonchev–Trinajstić information content (AvgIpc) is 2.78. The number of aromatic nitrogens is 3. The first-order chi connectivity index (χ1) is 8.80. The third-order valence-corrected chi connectivity index (χ3v) is 3.48. The van der Waals surface area contributed by atoms with E-state index in [1.165, 1.54) is 0 Å². The van der Waals surface area contributed by atoms with Gasteiger partial charge >= 0.3 is 0 Å². The summed E-state index contributed by atoms with van der Waals surface area (Å²) in [4.78, 5) is 11.3. The van der Waals surface area contributed by atoms with Gasteiger partial charge in [0.05, 0.1) is 5.88 Å². The zero-order chi connectivity index (χ0) is 13.0. The van der Waals surface area contributed by atoms with E-state index >= 15 is 0 Å². The number of nitrogens with zero attached hydrogens (tertiary/aromatic N) is 4. The zero-order valence-corrected chi connectivity index (χ0v) is 11.7. The number of imidazole rings is 1. The predicted molar refractivity (Wildman–Crippen MR) is 74.9 cm³/mol. The molecule has 0 N–H and O–H groups in total. The predicted octanol–water partition coefficient (Wildman–Crippen LogP) is 2.51. The minimum atomic E-state index is 0.425. The van der Waals surface area contributed by atoms with E-state index < -0.39 is 0 Å². The maximum absolute atomic E-state index is 5.96. The molecule has 0 radical (unpaired) electrons. The van der Waals surface area contributed by atoms with Crippen molar-refractivity contribution in [2.75, 3.05) is 19.6 Å². The summed E-state index contributed by atoms with van der Waals surface area (Å²) in [6.45, 7) is 8.36. The van der Waals surface area contributed by atoms with Gasteiger partial charge in [-0.2, -0.15) is 0 Å². The molecule has 2 rings (SSSR count). The van der Waals surface area contributed by atoms with Crippen molar-refractivity contribution in [1.29, 1.82) is 0 Å². The van der Waals surface area contributed by atoms with Crippen molar-refractivity contribution < 1.29 is 0 Å². The van der Waals surface area contributed by atoms with Crippen molar-refractivity contribution in [3.63, 3.8) is 0 Å². The molecule has 0 fully saturated rings. The maximum atomic E-state index is 5.96. The minimum Gasteiger partial charge on any atom is -0.310 e. The van der Waals surface area contributed by atoms with Crippen LogP contribution < -0.4 is 0 Å². The number of hydrogen-bond acceptors (Lipinski definition) is 3. The number of pyridine rings is 1. The Morgan fingerprint density at radius 1 is 1.33 bits per heavy atom. The molecule has 5 heteroatoms. The SMILES string of the molecule is CCN(CC)CCn1c(CCl)nc2cccnc21. The normalized spacial score (nSPS) is 11.6. The number of likely N-dealkylation sites (N-methyl/N-ethyl adjacent to an activating group) is 1. The molecule has 0 aliphatic rings. The van der Waals surface area contributed by atoms with Crippen LogP contribution in [0.25, 0.3) is 11.2 Å². The van der Waals surface area contributed by atoms with Gasteiger partial charge in [-0.25, -0.2) is 9.97 Å². The molecule has 2 heterocycles. The van der Waals surface area contributed by atoms with Gasteiger partial charge in [0, 0.05) is 19.3 Å². The molecule has 0 aromatic carbocycles. The van der Waals surface area contributed by atoms with Crippen LogP contribution in [0.1, 0.15) is 19.7 Å². The Morgan fingerprint density at radius 2 is 2.11 bits per heavy atom. The highest BCUT2D eigenvalue weighted by atomic mass is 35.5. The Balaban J connectivity index is 2.25. The third kappa shape index (κ3) is 2.65. The van der Waals surface area contributed by atoms with Crippen molar-refractivity contribution in [2.24, 2.45) is 0 Å². The van der Waals surface area contributed by atoms with Crippen LogP contribution in [0.5, 0.6) is 0 Å². The van der Waals surface area contributed by atoms with E-state index in [4.69, 9.17) is 11.6 Å². The third-order valence-electron chi connectivity index (χ3n) is 3.24. The molecule has 2 aromatic heterocycles. The molecule has 0 spiro atoms. The van der Waals surface area contributed by atoms with E-state index in [-0.39, 0.29) is 0 Å². The fourth-order valence-electron chi connectivity index (χ4n) is 2.12. The van der Waals surface area contributed by atoms with Gasteiger partial charge in [0.1, 0.15) is 11.3 Å². The quantitative estimate of drug-likeness (QED) is 0.754. The van der Waals surface area contributed by atoms with Crippen LogP contribution >= 0.6 is 11.6 Å². The topological polar surface area (TPSA) is 34.0 Å². The summed E-state index contributed by atoms with van der Waals surface area (Å²) in [6.07, 6.45) is 1.80. The second-order valence-corrected chi connectivity index (χ2v) is 4.45. The Morgan fingerprint density at radius 3 is 2.78 bits per heavy atom. The average molecular weight is 267 g/mol. The second kappa shape index (κ2) is 6.16. The van der Waals surface area contributed by atoms with Crippen LogP contribution in [0.2, 0.25) is 0 Å². The first-order valence-corrected chi connectivity index (χ1v) is 6.92. The monoisotopic (exact) mass is 266 g/mol. The number of rotatable bonds is 6. The molecular weight excluding hydrogens is 248 g/mol. The first kappa shape index (κ1) is 13.3. The summed E-state index contributed by atoms with van der Waals surface area (Å²) < 4.78 is 2.13. The van der Waals surface area contributed by atoms with Crippen molar-refractivity contribution in [3.05, 3.63) is 24.2 Å². The van der Waals surface area contributed by atoms with E-state index in [0.717, 1.165) is 43.2 Å². The molecular formula is C13H19ClN4. The smallest absolute Gasteiger partial charge is 0.160 e. The summed E-state index contributed by atoms with van der Waals surface area (Å²) in [5.41, 5.74) is 1.85. The Labute approximate surface area is 113 Å². The number of alkyl halides is 1. The van der Waals surface area contributed by atoms with Crippen molar-refractivity contribution in [3.8, 4) is 0 Å². The summed E-state index contributed by atoms with van der Waals surface area (Å²) >= 11 is 5.96. The highest BCUT2D eigenvalue weighted by molar-refractivity contribution is 6.16. The fourth-order valence-corrected chi connectivity index (χ4v) is 2.33. The summed E-state index contributed by atoms with van der Waals surface area (Å²) in [5.74, 6) is 1.33. The van der Waals surface area contributed by atoms with Gasteiger partial charge in [-0.15, -0.1) is 11.6 Å². The van der Waals surface area contributed by atoms with Crippen molar-refractivity contribution in [2.45, 2.75) is 26.3 Å². The van der Waals surface area contributed by atoms with Gasteiger partial charge in [-0.3, -0.25) is 0 Å². The van der Waals surface area contributed by atoms with Gasteiger partial charge in [0.15, 0.2) is 5.65 Å². The minimum absolute atomic E-state index is 0.425. The van der Waals surface area contributed by atoms with Crippen LogP contribution in [-0.2, 0) is 12.4 Å². The van der Waals surface area contributed by atoms with Gasteiger partial charge in [0.2, 0.25) is 0 Å². The molecule has 0 amide bonds. The molecule has 0 unspecified atom stereocenters. The van der Waals surface area contributed by atoms with E-state index in [9.17, 15) is 0 Å². The molecule has 0 bridgehead atoms. The summed E-state index contributed by atoms with van der Waals surface area (Å²) in [7, 11) is 0. The van der Waals surface area contributed by atoms with Crippen LogP contribution in [0, 0.1) is 0 Å². The first-order valence-electron chi connectivity index (χ1n) is 6.38. The summed E-state index contributed by atoms with van der Waals surface area (Å²) in [6, 6.07) is 3.88. The second-order valence-electron chi connectivity index (χ2n) is 4.19. The maximum Gasteiger partial charge on any atom is 0.160 e. The molecule has 2 aromatic rings. The number of hydrogen-bond donors (Lipinski definition) is 0. The van der Waals surface area contributed by atoms with Crippen molar-refractivity contribution in [1.82, 2.24) is 19.4 Å². The van der Waals surface area contributed by atoms with Crippen LogP contribution in [0.4, 0.5) is 0 Å². The van der Waals surface area contributed by atoms with Crippen LogP contribution in [-0.4, -0.2) is 39.1 Å². The number of halogens is 1. The zero-order valence-electron chi connectivity index (χ0n) is 10.9. The van der Waals surface area contributed by atoms with E-state index in [1.54, 1.807) is 6.20 Å². The van der Waals surface area contributed by atoms with Gasteiger partial charge in [-0.05, 0) is 25.2 Å². The largest absolute Gasteiger partial charge is 0.310 e.